The fourth-order valence-electron chi connectivity index (χ4n) is 4.01. The van der Waals surface area contributed by atoms with E-state index in [0.29, 0.717) is 78.8 Å². The first-order valence-corrected chi connectivity index (χ1v) is 14.8. The minimum absolute atomic E-state index is 0.0799. The summed E-state index contributed by atoms with van der Waals surface area (Å²) in [5, 5.41) is 4.52. The van der Waals surface area contributed by atoms with Gasteiger partial charge in [0.2, 0.25) is 5.91 Å². The average Bonchev–Trinajstić information content (AvgIpc) is 3.07. The predicted octanol–water partition coefficient (Wildman–Crippen LogP) is 2.71. The number of carbonyl (C=O) groups excluding carboxylic acids is 2. The number of nitrogens with one attached hydrogen (secondary N) is 1. The van der Waals surface area contributed by atoms with E-state index in [0.717, 1.165) is 33.2 Å². The lowest BCUT2D eigenvalue weighted by atomic mass is 9.96. The highest BCUT2D eigenvalue weighted by Gasteiger charge is 2.09. The smallest absolute Gasteiger partial charge is 0.305 e. The van der Waals surface area contributed by atoms with Crippen molar-refractivity contribution in [3.63, 3.8) is 0 Å². The normalized spacial score (nSPS) is 10.6. The van der Waals surface area contributed by atoms with Crippen molar-refractivity contribution in [3.05, 3.63) is 66.2 Å². The third kappa shape index (κ3) is 14.3. The number of aryl methyl sites for hydroxylation is 1. The fraction of sp³-hybridized carbons (Fsp3) is 0.455. The van der Waals surface area contributed by atoms with Gasteiger partial charge in [-0.1, -0.05) is 54.6 Å². The molecule has 0 saturated heterocycles. The molecule has 0 heterocycles. The molecular weight excluding hydrogens is 566 g/mol. The topological polar surface area (TPSA) is 154 Å². The van der Waals surface area contributed by atoms with Crippen molar-refractivity contribution in [1.29, 1.82) is 0 Å². The second kappa shape index (κ2) is 22.9. The second-order valence-corrected chi connectivity index (χ2v) is 9.39. The van der Waals surface area contributed by atoms with Gasteiger partial charge in [-0.15, -0.1) is 0 Å². The molecule has 3 aromatic rings. The van der Waals surface area contributed by atoms with Crippen molar-refractivity contribution in [2.24, 2.45) is 11.5 Å². The van der Waals surface area contributed by atoms with Gasteiger partial charge in [-0.25, -0.2) is 0 Å². The number of ether oxygens (including phenoxy) is 6. The summed E-state index contributed by atoms with van der Waals surface area (Å²) in [7, 11) is 2.96. The third-order valence-corrected chi connectivity index (χ3v) is 6.32. The molecule has 0 bridgehead atoms. The Bertz CT molecular complexity index is 1220. The minimum Gasteiger partial charge on any atom is -0.491 e. The Kier molecular flexibility index (Phi) is 19.0. The molecule has 5 N–H and O–H groups in total. The first-order chi connectivity index (χ1) is 21.5. The highest BCUT2D eigenvalue weighted by Crippen LogP contribution is 2.34. The molecule has 0 spiro atoms. The molecule has 0 aliphatic heterocycles. The summed E-state index contributed by atoms with van der Waals surface area (Å²) in [5.74, 6) is 0.498. The van der Waals surface area contributed by atoms with Crippen molar-refractivity contribution < 1.29 is 38.0 Å². The fourth-order valence-corrected chi connectivity index (χ4v) is 4.01. The van der Waals surface area contributed by atoms with Crippen LogP contribution in [0, 0.1) is 0 Å². The summed E-state index contributed by atoms with van der Waals surface area (Å²) in [6.07, 6.45) is 1.04. The maximum absolute atomic E-state index is 11.4. The van der Waals surface area contributed by atoms with Gasteiger partial charge < -0.3 is 45.2 Å². The molecule has 3 aromatic carbocycles. The summed E-state index contributed by atoms with van der Waals surface area (Å²) < 4.78 is 32.6. The molecular formula is C33H47N3O8. The van der Waals surface area contributed by atoms with Crippen molar-refractivity contribution in [3.8, 4) is 16.9 Å². The average molecular weight is 614 g/mol. The standard InChI is InChI=1S/C30H39NO7.C3H8N2O/c1-33-30(32)13-8-24-6-9-25(10-7-24)26-11-12-29(28-5-3-2-4-27(26)28)38-23-22-37-21-20-36-19-18-35-17-16-34-15-14-31;1-5-3(6)2-4/h2-7,9-12H,8,13-23,31H2,1H3;2,4H2,1H3,(H,5,6). The summed E-state index contributed by atoms with van der Waals surface area (Å²) in [6.45, 7) is 5.21. The van der Waals surface area contributed by atoms with E-state index in [2.05, 4.69) is 47.8 Å². The van der Waals surface area contributed by atoms with Crippen LogP contribution in [0.2, 0.25) is 0 Å². The molecule has 0 unspecified atom stereocenters. The molecule has 11 nitrogen and oxygen atoms in total. The monoisotopic (exact) mass is 613 g/mol. The van der Waals surface area contributed by atoms with Crippen LogP contribution in [-0.2, 0) is 39.7 Å². The van der Waals surface area contributed by atoms with Crippen LogP contribution in [0.3, 0.4) is 0 Å². The van der Waals surface area contributed by atoms with E-state index in [1.807, 2.05) is 18.2 Å². The number of methoxy groups -OCH3 is 1. The molecule has 242 valence electrons. The van der Waals surface area contributed by atoms with E-state index in [4.69, 9.17) is 39.9 Å². The van der Waals surface area contributed by atoms with Gasteiger partial charge in [0.05, 0.1) is 66.5 Å². The molecule has 0 saturated carbocycles. The first-order valence-electron chi connectivity index (χ1n) is 14.8. The van der Waals surface area contributed by atoms with Crippen molar-refractivity contribution in [2.75, 3.05) is 86.7 Å². The lowest BCUT2D eigenvalue weighted by Gasteiger charge is -2.13. The number of fused-ring (bicyclic) bond motifs is 1. The Labute approximate surface area is 260 Å². The van der Waals surface area contributed by atoms with Crippen LogP contribution >= 0.6 is 0 Å². The maximum Gasteiger partial charge on any atom is 0.305 e. The molecule has 44 heavy (non-hydrogen) atoms. The lowest BCUT2D eigenvalue weighted by molar-refractivity contribution is -0.140. The number of amides is 1. The molecule has 0 fully saturated rings. The summed E-state index contributed by atoms with van der Waals surface area (Å²) in [4.78, 5) is 21.4. The zero-order chi connectivity index (χ0) is 31.8. The predicted molar refractivity (Wildman–Crippen MR) is 171 cm³/mol. The van der Waals surface area contributed by atoms with Gasteiger partial charge >= 0.3 is 5.97 Å². The maximum atomic E-state index is 11.4. The number of nitrogens with two attached hydrogens (primary N) is 2. The Hall–Kier alpha value is -3.58. The highest BCUT2D eigenvalue weighted by atomic mass is 16.6. The second-order valence-electron chi connectivity index (χ2n) is 9.39. The largest absolute Gasteiger partial charge is 0.491 e. The van der Waals surface area contributed by atoms with Gasteiger partial charge in [0, 0.05) is 25.4 Å². The van der Waals surface area contributed by atoms with Crippen LogP contribution in [0.25, 0.3) is 21.9 Å². The molecule has 0 atom stereocenters. The summed E-state index contributed by atoms with van der Waals surface area (Å²) in [5.41, 5.74) is 13.6. The number of carbonyl (C=O) groups is 2. The van der Waals surface area contributed by atoms with E-state index in [-0.39, 0.29) is 18.4 Å². The number of benzene rings is 3. The van der Waals surface area contributed by atoms with Gasteiger partial charge in [-0.3, -0.25) is 9.59 Å². The van der Waals surface area contributed by atoms with Crippen LogP contribution in [0.15, 0.2) is 60.7 Å². The molecule has 0 aliphatic carbocycles. The molecule has 11 heteroatoms. The quantitative estimate of drug-likeness (QED) is 0.128. The SMILES string of the molecule is CNC(=O)CN.COC(=O)CCc1ccc(-c2ccc(OCCOCCOCCOCCOCCN)c3ccccc23)cc1. The van der Waals surface area contributed by atoms with Gasteiger partial charge in [-0.2, -0.15) is 0 Å². The van der Waals surface area contributed by atoms with E-state index >= 15 is 0 Å². The number of likely N-dealkylation sites (N-methyl/N-ethyl adjacent to an activating group) is 1. The Morgan fingerprint density at radius 3 is 1.80 bits per heavy atom. The van der Waals surface area contributed by atoms with Crippen LogP contribution in [0.4, 0.5) is 0 Å². The molecule has 0 aromatic heterocycles. The molecule has 0 aliphatic rings. The van der Waals surface area contributed by atoms with Crippen molar-refractivity contribution >= 4 is 22.6 Å². The van der Waals surface area contributed by atoms with Crippen LogP contribution in [-0.4, -0.2) is 98.6 Å². The molecule has 0 radical (unpaired) electrons. The number of esters is 1. The van der Waals surface area contributed by atoms with Gasteiger partial charge in [0.25, 0.3) is 0 Å². The van der Waals surface area contributed by atoms with E-state index in [9.17, 15) is 9.59 Å². The van der Waals surface area contributed by atoms with Crippen LogP contribution in [0.1, 0.15) is 12.0 Å². The minimum atomic E-state index is -0.198. The number of hydrogen-bond acceptors (Lipinski definition) is 10. The summed E-state index contributed by atoms with van der Waals surface area (Å²) >= 11 is 0. The molecule has 1 amide bonds. The molecule has 3 rings (SSSR count). The van der Waals surface area contributed by atoms with Gasteiger partial charge in [0.1, 0.15) is 12.4 Å². The summed E-state index contributed by atoms with van der Waals surface area (Å²) in [6, 6.07) is 20.6. The van der Waals surface area contributed by atoms with Gasteiger partial charge in [0.15, 0.2) is 0 Å². The number of rotatable bonds is 20. The third-order valence-electron chi connectivity index (χ3n) is 6.32. The highest BCUT2D eigenvalue weighted by molar-refractivity contribution is 6.00. The van der Waals surface area contributed by atoms with Crippen LogP contribution < -0.4 is 21.5 Å². The van der Waals surface area contributed by atoms with Crippen LogP contribution in [0.5, 0.6) is 5.75 Å². The Morgan fingerprint density at radius 2 is 1.27 bits per heavy atom. The van der Waals surface area contributed by atoms with Crippen molar-refractivity contribution in [2.45, 2.75) is 12.8 Å². The van der Waals surface area contributed by atoms with E-state index in [1.54, 1.807) is 7.05 Å². The number of hydrogen-bond donors (Lipinski definition) is 3. The van der Waals surface area contributed by atoms with Gasteiger partial charge in [-0.05, 0) is 34.6 Å². The Balaban J connectivity index is 0.00000102. The van der Waals surface area contributed by atoms with Crippen molar-refractivity contribution in [1.82, 2.24) is 5.32 Å². The van der Waals surface area contributed by atoms with E-state index < -0.39 is 0 Å². The zero-order valence-corrected chi connectivity index (χ0v) is 25.9. The Morgan fingerprint density at radius 1 is 0.705 bits per heavy atom. The first kappa shape index (κ1) is 36.6. The zero-order valence-electron chi connectivity index (χ0n) is 25.9. The van der Waals surface area contributed by atoms with E-state index in [1.165, 1.54) is 7.11 Å². The lowest BCUT2D eigenvalue weighted by Crippen LogP contribution is -2.26.